The Morgan fingerprint density at radius 1 is 1.12 bits per heavy atom. The van der Waals surface area contributed by atoms with Crippen LogP contribution in [0.1, 0.15) is 22.3 Å². The van der Waals surface area contributed by atoms with E-state index < -0.39 is 5.54 Å². The van der Waals surface area contributed by atoms with Gasteiger partial charge in [-0.1, -0.05) is 48.5 Å². The van der Waals surface area contributed by atoms with Crippen LogP contribution in [0.25, 0.3) is 0 Å². The molecule has 24 heavy (non-hydrogen) atoms. The van der Waals surface area contributed by atoms with E-state index >= 15 is 0 Å². The van der Waals surface area contributed by atoms with Gasteiger partial charge in [-0.05, 0) is 50.9 Å². The van der Waals surface area contributed by atoms with Gasteiger partial charge in [0.1, 0.15) is 0 Å². The van der Waals surface area contributed by atoms with Crippen molar-refractivity contribution in [2.24, 2.45) is 0 Å². The van der Waals surface area contributed by atoms with Gasteiger partial charge < -0.3 is 0 Å². The Kier molecular flexibility index (Phi) is 6.41. The van der Waals surface area contributed by atoms with Gasteiger partial charge in [0.25, 0.3) is 0 Å². The van der Waals surface area contributed by atoms with Crippen LogP contribution in [0.5, 0.6) is 0 Å². The van der Waals surface area contributed by atoms with Crippen molar-refractivity contribution in [2.75, 3.05) is 20.4 Å². The number of hydrogen-bond acceptors (Lipinski definition) is 3. The molecule has 0 spiro atoms. The molecule has 0 aliphatic rings. The average Bonchev–Trinajstić information content (AvgIpc) is 2.61. The summed E-state index contributed by atoms with van der Waals surface area (Å²) >= 11 is 1.68. The third-order valence-corrected chi connectivity index (χ3v) is 5.20. The number of thioether (sulfide) groups is 1. The van der Waals surface area contributed by atoms with E-state index in [0.29, 0.717) is 12.8 Å². The number of carbonyl (C=O) groups excluding carboxylic acids is 1. The molecule has 2 rings (SSSR count). The van der Waals surface area contributed by atoms with E-state index in [1.54, 1.807) is 11.8 Å². The molecule has 0 aromatic heterocycles. The third-order valence-electron chi connectivity index (χ3n) is 4.45. The average molecular weight is 340 g/mol. The molecular formula is C21H25NOS. The Bertz CT molecular complexity index is 679. The Labute approximate surface area is 149 Å². The van der Waals surface area contributed by atoms with E-state index in [4.69, 9.17) is 0 Å². The summed E-state index contributed by atoms with van der Waals surface area (Å²) in [6, 6.07) is 18.1. The number of Topliss-reactive ketones (excluding diaryl/α,β-unsaturated/α-hetero) is 1. The number of nitrogens with zero attached hydrogens (tertiary/aromatic N) is 1. The van der Waals surface area contributed by atoms with Crippen LogP contribution in [-0.2, 0) is 6.42 Å². The van der Waals surface area contributed by atoms with Crippen molar-refractivity contribution >= 4 is 17.5 Å². The number of likely N-dealkylation sites (N-methyl/N-ethyl adjacent to an activating group) is 1. The maximum atomic E-state index is 13.4. The summed E-state index contributed by atoms with van der Waals surface area (Å²) in [6.07, 6.45) is 5.15. The van der Waals surface area contributed by atoms with Gasteiger partial charge in [-0.15, -0.1) is 18.3 Å². The SMILES string of the molecule is C=CCC(Cc1ccccc1)(C(=O)c1ccc(SC)cc1)N(C)C. The lowest BCUT2D eigenvalue weighted by Gasteiger charge is -2.38. The Morgan fingerprint density at radius 2 is 1.75 bits per heavy atom. The fraction of sp³-hybridized carbons (Fsp3) is 0.286. The van der Waals surface area contributed by atoms with Gasteiger partial charge in [0.2, 0.25) is 0 Å². The normalized spacial score (nSPS) is 13.5. The number of hydrogen-bond donors (Lipinski definition) is 0. The second kappa shape index (κ2) is 8.32. The van der Waals surface area contributed by atoms with Crippen molar-refractivity contribution in [1.29, 1.82) is 0 Å². The minimum absolute atomic E-state index is 0.143. The minimum Gasteiger partial charge on any atom is -0.296 e. The minimum atomic E-state index is -0.621. The fourth-order valence-electron chi connectivity index (χ4n) is 2.97. The van der Waals surface area contributed by atoms with E-state index in [9.17, 15) is 4.79 Å². The van der Waals surface area contributed by atoms with E-state index in [1.165, 1.54) is 0 Å². The van der Waals surface area contributed by atoms with Crippen molar-refractivity contribution in [3.8, 4) is 0 Å². The van der Waals surface area contributed by atoms with Crippen LogP contribution in [0.3, 0.4) is 0 Å². The van der Waals surface area contributed by atoms with Gasteiger partial charge in [-0.2, -0.15) is 0 Å². The molecule has 0 aliphatic carbocycles. The van der Waals surface area contributed by atoms with E-state index in [0.717, 1.165) is 16.0 Å². The predicted octanol–water partition coefficient (Wildman–Crippen LogP) is 4.71. The Balaban J connectivity index is 2.43. The standard InChI is InChI=1S/C21H25NOS/c1-5-15-21(22(2)3,16-17-9-7-6-8-10-17)20(23)18-11-13-19(24-4)14-12-18/h5-14H,1,15-16H2,2-4H3. The molecule has 1 unspecified atom stereocenters. The molecule has 3 heteroatoms. The molecule has 2 nitrogen and oxygen atoms in total. The molecule has 0 aliphatic heterocycles. The van der Waals surface area contributed by atoms with Gasteiger partial charge in [0, 0.05) is 10.5 Å². The number of carbonyl (C=O) groups is 1. The highest BCUT2D eigenvalue weighted by molar-refractivity contribution is 7.98. The smallest absolute Gasteiger partial charge is 0.183 e. The molecule has 2 aromatic carbocycles. The Hall–Kier alpha value is -1.84. The quantitative estimate of drug-likeness (QED) is 0.395. The van der Waals surface area contributed by atoms with E-state index in [1.807, 2.05) is 73.8 Å². The maximum absolute atomic E-state index is 13.4. The number of benzene rings is 2. The lowest BCUT2D eigenvalue weighted by Crippen LogP contribution is -2.52. The molecule has 0 heterocycles. The van der Waals surface area contributed by atoms with E-state index in [-0.39, 0.29) is 5.78 Å². The topological polar surface area (TPSA) is 20.3 Å². The summed E-state index contributed by atoms with van der Waals surface area (Å²) < 4.78 is 0. The molecular weight excluding hydrogens is 314 g/mol. The maximum Gasteiger partial charge on any atom is 0.183 e. The molecule has 0 radical (unpaired) electrons. The van der Waals surface area contributed by atoms with Crippen LogP contribution >= 0.6 is 11.8 Å². The molecule has 126 valence electrons. The van der Waals surface area contributed by atoms with Crippen molar-refractivity contribution in [3.63, 3.8) is 0 Å². The van der Waals surface area contributed by atoms with Crippen molar-refractivity contribution in [3.05, 3.63) is 78.4 Å². The predicted molar refractivity (Wildman–Crippen MR) is 104 cm³/mol. The summed E-state index contributed by atoms with van der Waals surface area (Å²) in [6.45, 7) is 3.89. The molecule has 2 aromatic rings. The van der Waals surface area contributed by atoms with Gasteiger partial charge >= 0.3 is 0 Å². The van der Waals surface area contributed by atoms with Crippen LogP contribution in [-0.4, -0.2) is 36.6 Å². The first-order valence-electron chi connectivity index (χ1n) is 8.04. The molecule has 0 saturated carbocycles. The molecule has 0 saturated heterocycles. The van der Waals surface area contributed by atoms with Crippen LogP contribution in [0.15, 0.2) is 72.1 Å². The van der Waals surface area contributed by atoms with Gasteiger partial charge in [-0.3, -0.25) is 9.69 Å². The summed E-state index contributed by atoms with van der Waals surface area (Å²) in [5.41, 5.74) is 1.28. The van der Waals surface area contributed by atoms with Gasteiger partial charge in [-0.25, -0.2) is 0 Å². The first kappa shape index (κ1) is 18.5. The van der Waals surface area contributed by atoms with Crippen LogP contribution in [0.2, 0.25) is 0 Å². The zero-order valence-corrected chi connectivity index (χ0v) is 15.5. The second-order valence-electron chi connectivity index (χ2n) is 6.14. The number of rotatable bonds is 8. The summed E-state index contributed by atoms with van der Waals surface area (Å²) in [5.74, 6) is 0.143. The van der Waals surface area contributed by atoms with Crippen LogP contribution < -0.4 is 0 Å². The summed E-state index contributed by atoms with van der Waals surface area (Å²) in [7, 11) is 3.95. The van der Waals surface area contributed by atoms with Crippen molar-refractivity contribution in [1.82, 2.24) is 4.90 Å². The van der Waals surface area contributed by atoms with Gasteiger partial charge in [0.05, 0.1) is 5.54 Å². The molecule has 0 N–H and O–H groups in total. The van der Waals surface area contributed by atoms with Crippen LogP contribution in [0, 0.1) is 0 Å². The van der Waals surface area contributed by atoms with E-state index in [2.05, 4.69) is 18.7 Å². The second-order valence-corrected chi connectivity index (χ2v) is 7.02. The first-order valence-corrected chi connectivity index (χ1v) is 9.27. The summed E-state index contributed by atoms with van der Waals surface area (Å²) in [4.78, 5) is 16.6. The highest BCUT2D eigenvalue weighted by Gasteiger charge is 2.40. The lowest BCUT2D eigenvalue weighted by molar-refractivity contribution is 0.0683. The van der Waals surface area contributed by atoms with Crippen molar-refractivity contribution < 1.29 is 4.79 Å². The highest BCUT2D eigenvalue weighted by atomic mass is 32.2. The molecule has 0 fully saturated rings. The third kappa shape index (κ3) is 3.97. The number of ketones is 1. The van der Waals surface area contributed by atoms with Crippen LogP contribution in [0.4, 0.5) is 0 Å². The summed E-state index contributed by atoms with van der Waals surface area (Å²) in [5, 5.41) is 0. The molecule has 0 bridgehead atoms. The highest BCUT2D eigenvalue weighted by Crippen LogP contribution is 2.29. The zero-order chi connectivity index (χ0) is 17.6. The lowest BCUT2D eigenvalue weighted by atomic mass is 9.79. The van der Waals surface area contributed by atoms with Crippen molar-refractivity contribution in [2.45, 2.75) is 23.3 Å². The van der Waals surface area contributed by atoms with Gasteiger partial charge in [0.15, 0.2) is 5.78 Å². The fourth-order valence-corrected chi connectivity index (χ4v) is 3.38. The first-order chi connectivity index (χ1) is 11.5. The molecule has 0 amide bonds. The Morgan fingerprint density at radius 3 is 2.25 bits per heavy atom. The monoisotopic (exact) mass is 339 g/mol. The zero-order valence-electron chi connectivity index (χ0n) is 14.7. The molecule has 1 atom stereocenters. The largest absolute Gasteiger partial charge is 0.296 e.